The predicted molar refractivity (Wildman–Crippen MR) is 116 cm³/mol. The van der Waals surface area contributed by atoms with Crippen molar-refractivity contribution >= 4 is 15.9 Å². The summed E-state index contributed by atoms with van der Waals surface area (Å²) in [6.45, 7) is 3.31. The number of hydrogen-bond acceptors (Lipinski definition) is 6. The predicted octanol–water partition coefficient (Wildman–Crippen LogP) is 2.69. The molecule has 0 atom stereocenters. The number of hydrogen-bond donors (Lipinski definition) is 1. The Morgan fingerprint density at radius 3 is 2.26 bits per heavy atom. The van der Waals surface area contributed by atoms with E-state index in [1.54, 1.807) is 42.3 Å². The Kier molecular flexibility index (Phi) is 7.40. The lowest BCUT2D eigenvalue weighted by molar-refractivity contribution is 0.0711. The first-order chi connectivity index (χ1) is 14.9. The Bertz CT molecular complexity index is 999. The summed E-state index contributed by atoms with van der Waals surface area (Å²) in [6, 6.07) is 11.2. The number of ether oxygens (including phenoxy) is 3. The van der Waals surface area contributed by atoms with E-state index in [2.05, 4.69) is 4.72 Å². The van der Waals surface area contributed by atoms with Crippen LogP contribution >= 0.6 is 0 Å². The lowest BCUT2D eigenvalue weighted by Crippen LogP contribution is -2.46. The normalized spacial score (nSPS) is 14.9. The number of methoxy groups -OCH3 is 2. The summed E-state index contributed by atoms with van der Waals surface area (Å²) in [5.74, 6) is 1.56. The van der Waals surface area contributed by atoms with Crippen molar-refractivity contribution in [1.29, 1.82) is 0 Å². The van der Waals surface area contributed by atoms with Crippen LogP contribution in [0.15, 0.2) is 47.4 Å². The highest BCUT2D eigenvalue weighted by molar-refractivity contribution is 7.89. The molecule has 0 aliphatic carbocycles. The average Bonchev–Trinajstić information content (AvgIpc) is 2.79. The smallest absolute Gasteiger partial charge is 0.253 e. The molecule has 168 valence electrons. The van der Waals surface area contributed by atoms with E-state index in [-0.39, 0.29) is 16.8 Å². The van der Waals surface area contributed by atoms with Gasteiger partial charge in [-0.25, -0.2) is 13.1 Å². The van der Waals surface area contributed by atoms with E-state index < -0.39 is 10.0 Å². The lowest BCUT2D eigenvalue weighted by atomic mass is 10.0. The standard InChI is InChI=1S/C22H28N2O6S/c1-4-30-18-6-8-19(9-7-18)31(26,27)23-17-11-13-24(14-12-17)22(25)16-5-10-20(28-2)21(15-16)29-3/h5-10,15,17,23H,4,11-14H2,1-3H3. The average molecular weight is 449 g/mol. The van der Waals surface area contributed by atoms with Crippen LogP contribution in [0.4, 0.5) is 0 Å². The van der Waals surface area contributed by atoms with Gasteiger partial charge in [0, 0.05) is 24.7 Å². The van der Waals surface area contributed by atoms with Gasteiger partial charge in [-0.15, -0.1) is 0 Å². The van der Waals surface area contributed by atoms with Crippen molar-refractivity contribution in [1.82, 2.24) is 9.62 Å². The monoisotopic (exact) mass is 448 g/mol. The molecule has 0 aromatic heterocycles. The molecule has 31 heavy (non-hydrogen) atoms. The number of carbonyl (C=O) groups excluding carboxylic acids is 1. The first-order valence-corrected chi connectivity index (χ1v) is 11.6. The molecule has 1 aliphatic rings. The second-order valence-electron chi connectivity index (χ2n) is 7.16. The Labute approximate surface area is 183 Å². The SMILES string of the molecule is CCOc1ccc(S(=O)(=O)NC2CCN(C(=O)c3ccc(OC)c(OC)c3)CC2)cc1. The molecule has 1 amide bonds. The fraction of sp³-hybridized carbons (Fsp3) is 0.409. The molecule has 0 saturated carbocycles. The van der Waals surface area contributed by atoms with Crippen LogP contribution in [0.3, 0.4) is 0 Å². The van der Waals surface area contributed by atoms with E-state index in [9.17, 15) is 13.2 Å². The molecule has 2 aromatic rings. The molecule has 1 fully saturated rings. The van der Waals surface area contributed by atoms with E-state index >= 15 is 0 Å². The third-order valence-electron chi connectivity index (χ3n) is 5.18. The summed E-state index contributed by atoms with van der Waals surface area (Å²) in [5, 5.41) is 0. The first-order valence-electron chi connectivity index (χ1n) is 10.1. The minimum absolute atomic E-state index is 0.117. The van der Waals surface area contributed by atoms with E-state index in [1.165, 1.54) is 19.2 Å². The third kappa shape index (κ3) is 5.48. The van der Waals surface area contributed by atoms with Crippen LogP contribution < -0.4 is 18.9 Å². The minimum atomic E-state index is -3.64. The van der Waals surface area contributed by atoms with Crippen molar-refractivity contribution in [2.24, 2.45) is 0 Å². The number of nitrogens with one attached hydrogen (secondary N) is 1. The van der Waals surface area contributed by atoms with Crippen LogP contribution in [0.25, 0.3) is 0 Å². The van der Waals surface area contributed by atoms with Gasteiger partial charge in [-0.3, -0.25) is 4.79 Å². The van der Waals surface area contributed by atoms with E-state index in [1.807, 2.05) is 6.92 Å². The summed E-state index contributed by atoms with van der Waals surface area (Å²) in [5.41, 5.74) is 0.506. The highest BCUT2D eigenvalue weighted by Gasteiger charge is 2.27. The maximum Gasteiger partial charge on any atom is 0.253 e. The number of rotatable bonds is 8. The molecule has 2 aromatic carbocycles. The quantitative estimate of drug-likeness (QED) is 0.667. The van der Waals surface area contributed by atoms with Crippen LogP contribution in [0.1, 0.15) is 30.1 Å². The number of sulfonamides is 1. The highest BCUT2D eigenvalue weighted by Crippen LogP contribution is 2.28. The molecule has 1 N–H and O–H groups in total. The maximum atomic E-state index is 12.8. The fourth-order valence-electron chi connectivity index (χ4n) is 3.52. The largest absolute Gasteiger partial charge is 0.494 e. The summed E-state index contributed by atoms with van der Waals surface area (Å²) >= 11 is 0. The maximum absolute atomic E-state index is 12.8. The molecule has 0 spiro atoms. The highest BCUT2D eigenvalue weighted by atomic mass is 32.2. The molecule has 3 rings (SSSR count). The molecule has 0 bridgehead atoms. The van der Waals surface area contributed by atoms with Gasteiger partial charge < -0.3 is 19.1 Å². The molecule has 8 nitrogen and oxygen atoms in total. The van der Waals surface area contributed by atoms with Crippen LogP contribution in [-0.2, 0) is 10.0 Å². The van der Waals surface area contributed by atoms with Gasteiger partial charge in [0.05, 0.1) is 25.7 Å². The van der Waals surface area contributed by atoms with Gasteiger partial charge in [0.15, 0.2) is 11.5 Å². The first kappa shape index (κ1) is 22.9. The van der Waals surface area contributed by atoms with E-state index in [0.717, 1.165) is 0 Å². The second kappa shape index (κ2) is 10.0. The number of amides is 1. The van der Waals surface area contributed by atoms with Gasteiger partial charge in [0.1, 0.15) is 5.75 Å². The van der Waals surface area contributed by atoms with Gasteiger partial charge in [-0.05, 0) is 62.2 Å². The zero-order chi connectivity index (χ0) is 22.4. The number of likely N-dealkylation sites (tertiary alicyclic amines) is 1. The third-order valence-corrected chi connectivity index (χ3v) is 6.72. The molecule has 1 heterocycles. The lowest BCUT2D eigenvalue weighted by Gasteiger charge is -2.32. The van der Waals surface area contributed by atoms with Crippen LogP contribution in [0.5, 0.6) is 17.2 Å². The van der Waals surface area contributed by atoms with Gasteiger partial charge in [-0.2, -0.15) is 0 Å². The summed E-state index contributed by atoms with van der Waals surface area (Å²) in [4.78, 5) is 14.8. The number of carbonyl (C=O) groups is 1. The zero-order valence-electron chi connectivity index (χ0n) is 18.0. The second-order valence-corrected chi connectivity index (χ2v) is 8.88. The summed E-state index contributed by atoms with van der Waals surface area (Å²) in [6.07, 6.45) is 1.07. The number of piperidine rings is 1. The Balaban J connectivity index is 1.59. The van der Waals surface area contributed by atoms with Crippen LogP contribution in [-0.4, -0.2) is 59.2 Å². The van der Waals surface area contributed by atoms with Crippen molar-refractivity contribution in [2.75, 3.05) is 33.9 Å². The van der Waals surface area contributed by atoms with Crippen molar-refractivity contribution < 1.29 is 27.4 Å². The van der Waals surface area contributed by atoms with E-state index in [0.29, 0.717) is 55.4 Å². The Morgan fingerprint density at radius 1 is 1.03 bits per heavy atom. The molecular weight excluding hydrogens is 420 g/mol. The van der Waals surface area contributed by atoms with Crippen molar-refractivity contribution in [2.45, 2.75) is 30.7 Å². The van der Waals surface area contributed by atoms with E-state index in [4.69, 9.17) is 14.2 Å². The minimum Gasteiger partial charge on any atom is -0.494 e. The van der Waals surface area contributed by atoms with Gasteiger partial charge in [0.2, 0.25) is 10.0 Å². The van der Waals surface area contributed by atoms with Gasteiger partial charge in [0.25, 0.3) is 5.91 Å². The molecule has 1 aliphatic heterocycles. The molecule has 0 unspecified atom stereocenters. The van der Waals surface area contributed by atoms with Crippen molar-refractivity contribution in [3.05, 3.63) is 48.0 Å². The number of benzene rings is 2. The molecule has 1 saturated heterocycles. The van der Waals surface area contributed by atoms with Gasteiger partial charge >= 0.3 is 0 Å². The summed E-state index contributed by atoms with van der Waals surface area (Å²) in [7, 11) is -0.576. The Morgan fingerprint density at radius 2 is 1.68 bits per heavy atom. The number of nitrogens with zero attached hydrogens (tertiary/aromatic N) is 1. The van der Waals surface area contributed by atoms with Crippen LogP contribution in [0.2, 0.25) is 0 Å². The van der Waals surface area contributed by atoms with Gasteiger partial charge in [-0.1, -0.05) is 0 Å². The molecule has 9 heteroatoms. The van der Waals surface area contributed by atoms with Crippen molar-refractivity contribution in [3.63, 3.8) is 0 Å². The van der Waals surface area contributed by atoms with Crippen LogP contribution in [0, 0.1) is 0 Å². The van der Waals surface area contributed by atoms with Crippen molar-refractivity contribution in [3.8, 4) is 17.2 Å². The molecular formula is C22H28N2O6S. The Hall–Kier alpha value is -2.78. The fourth-order valence-corrected chi connectivity index (χ4v) is 4.83. The topological polar surface area (TPSA) is 94.2 Å². The molecule has 0 radical (unpaired) electrons. The summed E-state index contributed by atoms with van der Waals surface area (Å²) < 4.78 is 43.9. The zero-order valence-corrected chi connectivity index (χ0v) is 18.8.